The quantitative estimate of drug-likeness (QED) is 0.0533. The molecule has 0 fully saturated rings. The van der Waals surface area contributed by atoms with E-state index in [1.165, 1.54) is 693 Å². The molecule has 662 valence electrons. The van der Waals surface area contributed by atoms with Gasteiger partial charge in [-0.05, 0) is 0 Å². The molecule has 0 rings (SSSR count). The monoisotopic (exact) mass is 1540 g/mol. The minimum atomic E-state index is 1.37. The topological polar surface area (TPSA) is 0 Å². The van der Waals surface area contributed by atoms with Crippen LogP contribution in [0.2, 0.25) is 0 Å². The van der Waals surface area contributed by atoms with Crippen LogP contribution in [0.1, 0.15) is 707 Å². The van der Waals surface area contributed by atoms with Gasteiger partial charge >= 0.3 is 0 Å². The Morgan fingerprint density at radius 3 is 0.100 bits per heavy atom. The van der Waals surface area contributed by atoms with Crippen LogP contribution in [0, 0.1) is 0 Å². The van der Waals surface area contributed by atoms with Crippen molar-refractivity contribution in [2.24, 2.45) is 0 Å². The van der Waals surface area contributed by atoms with Gasteiger partial charge in [0.05, 0.1) is 0 Å². The number of unbranched alkanes of at least 4 members (excludes halogenated alkanes) is 107. The summed E-state index contributed by atoms with van der Waals surface area (Å²) in [7, 11) is 0. The van der Waals surface area contributed by atoms with Crippen LogP contribution in [0.25, 0.3) is 0 Å². The average Bonchev–Trinajstić information content (AvgIpc) is 3.58. The lowest BCUT2D eigenvalue weighted by Crippen LogP contribution is -1.85. The molecule has 0 aromatic carbocycles. The Morgan fingerprint density at radius 2 is 0.0727 bits per heavy atom. The van der Waals surface area contributed by atoms with E-state index in [0.29, 0.717) is 0 Å². The molecule has 0 unspecified atom stereocenters. The third kappa shape index (κ3) is 108. The van der Waals surface area contributed by atoms with Gasteiger partial charge in [-0.2, -0.15) is 0 Å². The number of rotatable bonds is 107. The first kappa shape index (κ1) is 110. The molecule has 0 N–H and O–H groups in total. The second kappa shape index (κ2) is 109. The molecule has 0 aromatic rings. The van der Waals surface area contributed by atoms with E-state index in [0.717, 1.165) is 0 Å². The third-order valence-electron chi connectivity index (χ3n) is 27.0. The van der Waals surface area contributed by atoms with Gasteiger partial charge in [0, 0.05) is 0 Å². The summed E-state index contributed by atoms with van der Waals surface area (Å²) in [6.07, 6.45) is 161. The highest BCUT2D eigenvalue weighted by atomic mass is 14.1. The molecule has 0 saturated heterocycles. The highest BCUT2D eigenvalue weighted by Gasteiger charge is 2.05. The van der Waals surface area contributed by atoms with Crippen molar-refractivity contribution >= 4 is 0 Å². The molecule has 0 aliphatic rings. The Labute approximate surface area is 703 Å². The van der Waals surface area contributed by atoms with Gasteiger partial charge in [-0.3, -0.25) is 0 Å². The molecule has 0 saturated carbocycles. The van der Waals surface area contributed by atoms with Gasteiger partial charge in [-0.1, -0.05) is 707 Å². The predicted molar refractivity (Wildman–Crippen MR) is 510 cm³/mol. The summed E-state index contributed by atoms with van der Waals surface area (Å²) in [5.74, 6) is 0. The molecule has 0 heterocycles. The maximum absolute atomic E-state index is 2.32. The van der Waals surface area contributed by atoms with Gasteiger partial charge in [0.1, 0.15) is 0 Å². The molecule has 0 aliphatic carbocycles. The van der Waals surface area contributed by atoms with Crippen LogP contribution in [0.15, 0.2) is 0 Å². The molecule has 0 nitrogen and oxygen atoms in total. The molecule has 0 radical (unpaired) electrons. The lowest BCUT2D eigenvalue weighted by atomic mass is 10.0. The van der Waals surface area contributed by atoms with Crippen LogP contribution in [0.3, 0.4) is 0 Å². The van der Waals surface area contributed by atoms with E-state index in [-0.39, 0.29) is 0 Å². The number of hydrogen-bond acceptors (Lipinski definition) is 0. The molecule has 0 atom stereocenters. The Balaban J connectivity index is 3.10. The normalized spacial score (nSPS) is 11.8. The molecule has 0 bridgehead atoms. The van der Waals surface area contributed by atoms with E-state index >= 15 is 0 Å². The van der Waals surface area contributed by atoms with Crippen LogP contribution >= 0.6 is 0 Å². The summed E-state index contributed by atoms with van der Waals surface area (Å²) < 4.78 is 0. The maximum atomic E-state index is 2.32. The molecule has 0 heteroatoms. The molecule has 0 aromatic heterocycles. The minimum Gasteiger partial charge on any atom is -0.0654 e. The third-order valence-corrected chi connectivity index (χ3v) is 27.0. The zero-order chi connectivity index (χ0) is 78.4. The van der Waals surface area contributed by atoms with Crippen LogP contribution < -0.4 is 0 Å². The van der Waals surface area contributed by atoms with E-state index in [9.17, 15) is 0 Å². The van der Waals surface area contributed by atoms with Gasteiger partial charge in [0.25, 0.3) is 0 Å². The van der Waals surface area contributed by atoms with Crippen LogP contribution in [0.5, 0.6) is 0 Å². The molecule has 0 amide bonds. The van der Waals surface area contributed by atoms with Crippen molar-refractivity contribution < 1.29 is 0 Å². The van der Waals surface area contributed by atoms with Gasteiger partial charge < -0.3 is 0 Å². The standard InChI is InChI=1S/C110H222/c1-3-5-7-9-11-13-15-17-19-21-23-25-27-29-31-33-35-37-39-41-43-45-47-49-51-53-55-57-59-61-63-65-67-69-71-73-75-77-79-81-83-85-87-89-91-93-95-97-99-101-103-105-107-109-110-108-106-104-102-100-98-96-94-92-90-88-86-84-82-80-78-76-74-72-70-68-66-64-62-60-58-56-54-52-50-48-46-44-42-40-38-36-34-32-30-28-26-24-22-20-18-16-14-12-10-8-6-4-2/h3-110H2,1-2H3. The first-order chi connectivity index (χ1) is 54.9. The van der Waals surface area contributed by atoms with E-state index in [2.05, 4.69) is 13.8 Å². The Hall–Kier alpha value is 0. The van der Waals surface area contributed by atoms with Crippen molar-refractivity contribution in [3.63, 3.8) is 0 Å². The first-order valence-electron chi connectivity index (χ1n) is 54.9. The summed E-state index contributed by atoms with van der Waals surface area (Å²) in [5, 5.41) is 0. The van der Waals surface area contributed by atoms with E-state index < -0.39 is 0 Å². The Kier molecular flexibility index (Phi) is 109. The van der Waals surface area contributed by atoms with Crippen molar-refractivity contribution in [1.29, 1.82) is 0 Å². The second-order valence-electron chi connectivity index (χ2n) is 38.5. The summed E-state index contributed by atoms with van der Waals surface area (Å²) in [5.41, 5.74) is 0. The molecule has 0 aliphatic heterocycles. The van der Waals surface area contributed by atoms with Crippen molar-refractivity contribution in [3.8, 4) is 0 Å². The van der Waals surface area contributed by atoms with Crippen LogP contribution in [-0.4, -0.2) is 0 Å². The zero-order valence-electron chi connectivity index (χ0n) is 78.4. The van der Waals surface area contributed by atoms with Crippen LogP contribution in [0.4, 0.5) is 0 Å². The van der Waals surface area contributed by atoms with Crippen molar-refractivity contribution in [3.05, 3.63) is 0 Å². The van der Waals surface area contributed by atoms with Gasteiger partial charge in [-0.25, -0.2) is 0 Å². The lowest BCUT2D eigenvalue weighted by Gasteiger charge is -2.05. The fraction of sp³-hybridized carbons (Fsp3) is 1.00. The van der Waals surface area contributed by atoms with Crippen molar-refractivity contribution in [2.75, 3.05) is 0 Å². The fourth-order valence-corrected chi connectivity index (χ4v) is 18.9. The largest absolute Gasteiger partial charge is 0.0654 e. The Morgan fingerprint density at radius 1 is 0.0455 bits per heavy atom. The number of hydrogen-bond donors (Lipinski definition) is 0. The van der Waals surface area contributed by atoms with Crippen molar-refractivity contribution in [1.82, 2.24) is 0 Å². The van der Waals surface area contributed by atoms with E-state index in [4.69, 9.17) is 0 Å². The van der Waals surface area contributed by atoms with E-state index in [1.54, 1.807) is 0 Å². The SMILES string of the molecule is CCCCCCCCCCCCCCCCCCCCCCCCCCCCCCCCCCCCCCCCCCCCCCCCCCCCCCCCCCCCCCCCCCCCCCCCCCCCCCCCCCCCCCCCCCCCCCCCCCCCCCCCCCCCCC. The summed E-state index contributed by atoms with van der Waals surface area (Å²) in [6, 6.07) is 0. The Bertz CT molecular complexity index is 1330. The molecule has 0 spiro atoms. The predicted octanol–water partition coefficient (Wildman–Crippen LogP) is 43.2. The molecular weight excluding hydrogens is 1320 g/mol. The van der Waals surface area contributed by atoms with E-state index in [1.807, 2.05) is 0 Å². The molecule has 110 heavy (non-hydrogen) atoms. The maximum Gasteiger partial charge on any atom is -0.0533 e. The second-order valence-corrected chi connectivity index (χ2v) is 38.5. The minimum absolute atomic E-state index is 1.37. The lowest BCUT2D eigenvalue weighted by molar-refractivity contribution is 0.505. The van der Waals surface area contributed by atoms with Gasteiger partial charge in [-0.15, -0.1) is 0 Å². The molecular formula is C110H222. The highest BCUT2D eigenvalue weighted by Crippen LogP contribution is 2.25. The fourth-order valence-electron chi connectivity index (χ4n) is 18.9. The zero-order valence-corrected chi connectivity index (χ0v) is 78.4. The summed E-state index contributed by atoms with van der Waals surface area (Å²) >= 11 is 0. The van der Waals surface area contributed by atoms with Crippen LogP contribution in [-0.2, 0) is 0 Å². The van der Waals surface area contributed by atoms with Gasteiger partial charge in [0.15, 0.2) is 0 Å². The summed E-state index contributed by atoms with van der Waals surface area (Å²) in [4.78, 5) is 0. The smallest absolute Gasteiger partial charge is 0.0533 e. The van der Waals surface area contributed by atoms with Gasteiger partial charge in [0.2, 0.25) is 0 Å². The first-order valence-corrected chi connectivity index (χ1v) is 54.9. The van der Waals surface area contributed by atoms with Crippen molar-refractivity contribution in [2.45, 2.75) is 707 Å². The average molecular weight is 1540 g/mol. The highest BCUT2D eigenvalue weighted by molar-refractivity contribution is 4.60. The summed E-state index contributed by atoms with van der Waals surface area (Å²) in [6.45, 7) is 4.64.